The van der Waals surface area contributed by atoms with Gasteiger partial charge in [0.15, 0.2) is 22.5 Å². The van der Waals surface area contributed by atoms with E-state index >= 15 is 0 Å². The number of carbonyl (C=O) groups is 1. The lowest BCUT2D eigenvalue weighted by atomic mass is 10.2. The van der Waals surface area contributed by atoms with Gasteiger partial charge in [-0.1, -0.05) is 11.8 Å². The zero-order valence-corrected chi connectivity index (χ0v) is 19.2. The minimum Gasteiger partial charge on any atom is -0.497 e. The molecule has 0 spiro atoms. The second-order valence-electron chi connectivity index (χ2n) is 6.48. The van der Waals surface area contributed by atoms with E-state index in [2.05, 4.69) is 20.7 Å². The highest BCUT2D eigenvalue weighted by molar-refractivity contribution is 7.99. The molecule has 1 aromatic heterocycles. The summed E-state index contributed by atoms with van der Waals surface area (Å²) in [6.45, 7) is 2.65. The minimum absolute atomic E-state index is 0.157. The highest BCUT2D eigenvalue weighted by Crippen LogP contribution is 2.32. The molecular formula is C22H25N5O4S. The Morgan fingerprint density at radius 2 is 1.81 bits per heavy atom. The van der Waals surface area contributed by atoms with Crippen molar-refractivity contribution in [3.8, 4) is 28.6 Å². The van der Waals surface area contributed by atoms with Gasteiger partial charge in [-0.05, 0) is 55.0 Å². The number of aromatic nitrogens is 3. The molecule has 0 aliphatic rings. The summed E-state index contributed by atoms with van der Waals surface area (Å²) < 4.78 is 17.7. The molecule has 10 heteroatoms. The fourth-order valence-corrected chi connectivity index (χ4v) is 3.70. The molecule has 0 bridgehead atoms. The molecule has 1 N–H and O–H groups in total. The van der Waals surface area contributed by atoms with Crippen molar-refractivity contribution < 1.29 is 19.0 Å². The molecular weight excluding hydrogens is 430 g/mol. The lowest BCUT2D eigenvalue weighted by Gasteiger charge is -2.10. The maximum atomic E-state index is 12.2. The minimum atomic E-state index is -0.238. The van der Waals surface area contributed by atoms with Crippen LogP contribution >= 0.6 is 11.8 Å². The van der Waals surface area contributed by atoms with Crippen molar-refractivity contribution in [2.45, 2.75) is 18.6 Å². The number of carbonyl (C=O) groups excluding carboxylic acids is 1. The van der Waals surface area contributed by atoms with Gasteiger partial charge in [0.1, 0.15) is 5.75 Å². The van der Waals surface area contributed by atoms with E-state index in [1.165, 1.54) is 11.8 Å². The van der Waals surface area contributed by atoms with Crippen LogP contribution < -0.4 is 19.6 Å². The third kappa shape index (κ3) is 5.58. The van der Waals surface area contributed by atoms with Crippen molar-refractivity contribution in [2.24, 2.45) is 5.10 Å². The third-order valence-corrected chi connectivity index (χ3v) is 5.49. The number of nitrogens with one attached hydrogen (secondary N) is 1. The smallest absolute Gasteiger partial charge is 0.250 e. The molecule has 3 aromatic rings. The van der Waals surface area contributed by atoms with Crippen molar-refractivity contribution in [3.63, 3.8) is 0 Å². The Bertz CT molecular complexity index is 1080. The topological polar surface area (TPSA) is 99.9 Å². The molecule has 0 aliphatic carbocycles. The van der Waals surface area contributed by atoms with Gasteiger partial charge in [-0.25, -0.2) is 5.43 Å². The largest absolute Gasteiger partial charge is 0.497 e. The Morgan fingerprint density at radius 1 is 1.06 bits per heavy atom. The first-order valence-corrected chi connectivity index (χ1v) is 10.8. The molecule has 32 heavy (non-hydrogen) atoms. The molecule has 0 saturated carbocycles. The monoisotopic (exact) mass is 455 g/mol. The SMILES string of the molecule is CCn1c(SCC(=O)NN=Cc2ccc(OC)cc2)nnc1-c1ccc(OC)c(OC)c1. The molecule has 1 heterocycles. The molecule has 168 valence electrons. The molecule has 0 fully saturated rings. The van der Waals surface area contributed by atoms with Crippen LogP contribution in [0.5, 0.6) is 17.2 Å². The maximum absolute atomic E-state index is 12.2. The number of nitrogens with zero attached hydrogens (tertiary/aromatic N) is 4. The van der Waals surface area contributed by atoms with Crippen LogP contribution in [-0.4, -0.2) is 54.0 Å². The van der Waals surface area contributed by atoms with E-state index in [1.807, 2.05) is 54.0 Å². The Balaban J connectivity index is 1.62. The summed E-state index contributed by atoms with van der Waals surface area (Å²) in [4.78, 5) is 12.2. The van der Waals surface area contributed by atoms with Crippen molar-refractivity contribution in [1.29, 1.82) is 0 Å². The van der Waals surface area contributed by atoms with Crippen molar-refractivity contribution in [2.75, 3.05) is 27.1 Å². The highest BCUT2D eigenvalue weighted by Gasteiger charge is 2.16. The second-order valence-corrected chi connectivity index (χ2v) is 7.42. The summed E-state index contributed by atoms with van der Waals surface area (Å²) >= 11 is 1.29. The first kappa shape index (κ1) is 23.1. The Morgan fingerprint density at radius 3 is 2.47 bits per heavy atom. The van der Waals surface area contributed by atoms with Gasteiger partial charge in [0.2, 0.25) is 0 Å². The first-order valence-electron chi connectivity index (χ1n) is 9.84. The lowest BCUT2D eigenvalue weighted by Crippen LogP contribution is -2.20. The number of benzene rings is 2. The van der Waals surface area contributed by atoms with E-state index in [4.69, 9.17) is 14.2 Å². The fourth-order valence-electron chi connectivity index (χ4n) is 2.90. The fraction of sp³-hybridized carbons (Fsp3) is 0.273. The van der Waals surface area contributed by atoms with Crippen LogP contribution in [0.3, 0.4) is 0 Å². The molecule has 0 aliphatic heterocycles. The number of hydrogen-bond donors (Lipinski definition) is 1. The average Bonchev–Trinajstić information content (AvgIpc) is 3.25. The number of thioether (sulfide) groups is 1. The van der Waals surface area contributed by atoms with Gasteiger partial charge in [-0.3, -0.25) is 4.79 Å². The van der Waals surface area contributed by atoms with Gasteiger partial charge in [-0.2, -0.15) is 5.10 Å². The summed E-state index contributed by atoms with van der Waals surface area (Å²) in [5.41, 5.74) is 4.22. The van der Waals surface area contributed by atoms with Gasteiger partial charge in [-0.15, -0.1) is 10.2 Å². The molecule has 9 nitrogen and oxygen atoms in total. The van der Waals surface area contributed by atoms with Crippen LogP contribution in [-0.2, 0) is 11.3 Å². The zero-order valence-electron chi connectivity index (χ0n) is 18.4. The summed E-state index contributed by atoms with van der Waals surface area (Å²) in [6, 6.07) is 12.9. The molecule has 3 rings (SSSR count). The third-order valence-electron chi connectivity index (χ3n) is 4.53. The lowest BCUT2D eigenvalue weighted by molar-refractivity contribution is -0.118. The van der Waals surface area contributed by atoms with E-state index in [-0.39, 0.29) is 11.7 Å². The van der Waals surface area contributed by atoms with Crippen LogP contribution in [0.4, 0.5) is 0 Å². The van der Waals surface area contributed by atoms with Crippen molar-refractivity contribution in [1.82, 2.24) is 20.2 Å². The van der Waals surface area contributed by atoms with Gasteiger partial charge < -0.3 is 18.8 Å². The Kier molecular flexibility index (Phi) is 8.09. The normalized spacial score (nSPS) is 10.9. The van der Waals surface area contributed by atoms with Crippen LogP contribution in [0.25, 0.3) is 11.4 Å². The Hall–Kier alpha value is -3.53. The number of methoxy groups -OCH3 is 3. The summed E-state index contributed by atoms with van der Waals surface area (Å²) in [5, 5.41) is 13.2. The summed E-state index contributed by atoms with van der Waals surface area (Å²) in [6.07, 6.45) is 1.58. The number of ether oxygens (including phenoxy) is 3. The van der Waals surface area contributed by atoms with E-state index < -0.39 is 0 Å². The van der Waals surface area contributed by atoms with E-state index in [0.29, 0.717) is 29.0 Å². The zero-order chi connectivity index (χ0) is 22.9. The van der Waals surface area contributed by atoms with Gasteiger partial charge in [0.05, 0.1) is 33.3 Å². The molecule has 1 amide bonds. The van der Waals surface area contributed by atoms with E-state index in [9.17, 15) is 4.79 Å². The van der Waals surface area contributed by atoms with Crippen LogP contribution in [0.1, 0.15) is 12.5 Å². The van der Waals surface area contributed by atoms with Gasteiger partial charge >= 0.3 is 0 Å². The number of hydrogen-bond acceptors (Lipinski definition) is 8. The van der Waals surface area contributed by atoms with Crippen LogP contribution in [0.15, 0.2) is 52.7 Å². The van der Waals surface area contributed by atoms with Gasteiger partial charge in [0, 0.05) is 12.1 Å². The van der Waals surface area contributed by atoms with Crippen LogP contribution in [0.2, 0.25) is 0 Å². The molecule has 0 radical (unpaired) electrons. The van der Waals surface area contributed by atoms with Crippen molar-refractivity contribution in [3.05, 3.63) is 48.0 Å². The van der Waals surface area contributed by atoms with Crippen molar-refractivity contribution >= 4 is 23.9 Å². The molecule has 0 saturated heterocycles. The molecule has 0 unspecified atom stereocenters. The van der Waals surface area contributed by atoms with Gasteiger partial charge in [0.25, 0.3) is 5.91 Å². The quantitative estimate of drug-likeness (QED) is 0.285. The number of amides is 1. The highest BCUT2D eigenvalue weighted by atomic mass is 32.2. The Labute approximate surface area is 190 Å². The summed E-state index contributed by atoms with van der Waals surface area (Å²) in [5.74, 6) is 2.62. The standard InChI is InChI=1S/C22H25N5O4S/c1-5-27-21(16-8-11-18(30-3)19(12-16)31-4)25-26-22(27)32-14-20(28)24-23-13-15-6-9-17(29-2)10-7-15/h6-13H,5,14H2,1-4H3,(H,24,28). The first-order chi connectivity index (χ1) is 15.6. The average molecular weight is 456 g/mol. The summed E-state index contributed by atoms with van der Waals surface area (Å²) in [7, 11) is 4.78. The van der Waals surface area contributed by atoms with Crippen LogP contribution in [0, 0.1) is 0 Å². The van der Waals surface area contributed by atoms with E-state index in [0.717, 1.165) is 16.9 Å². The van der Waals surface area contributed by atoms with E-state index in [1.54, 1.807) is 27.5 Å². The predicted octanol–water partition coefficient (Wildman–Crippen LogP) is 3.23. The number of rotatable bonds is 10. The maximum Gasteiger partial charge on any atom is 0.250 e. The molecule has 2 aromatic carbocycles. The number of hydrazone groups is 1. The molecule has 0 atom stereocenters. The predicted molar refractivity (Wildman–Crippen MR) is 124 cm³/mol. The second kappa shape index (κ2) is 11.2.